The number of phenols is 2. The molecule has 0 bridgehead atoms. The highest BCUT2D eigenvalue weighted by Crippen LogP contribution is 2.33. The summed E-state index contributed by atoms with van der Waals surface area (Å²) < 4.78 is 0. The molecule has 2 rings (SSSR count). The number of phenolic OH excluding ortho intramolecular Hbond substituents is 2. The monoisotopic (exact) mass is 230 g/mol. The van der Waals surface area contributed by atoms with E-state index in [2.05, 4.69) is 9.97 Å². The lowest BCUT2D eigenvalue weighted by atomic mass is 10.2. The van der Waals surface area contributed by atoms with E-state index in [9.17, 15) is 10.2 Å². The maximum absolute atomic E-state index is 9.46. The van der Waals surface area contributed by atoms with Crippen LogP contribution in [0.1, 0.15) is 0 Å². The summed E-state index contributed by atoms with van der Waals surface area (Å²) in [5.41, 5.74) is 0.299. The van der Waals surface area contributed by atoms with Crippen molar-refractivity contribution in [1.82, 2.24) is 9.97 Å². The van der Waals surface area contributed by atoms with Gasteiger partial charge in [-0.2, -0.15) is 0 Å². The predicted molar refractivity (Wildman–Crippen MR) is 52.9 cm³/mol. The second-order valence-electron chi connectivity index (χ2n) is 2.64. The van der Waals surface area contributed by atoms with Gasteiger partial charge in [0, 0.05) is 12.1 Å². The first-order valence-corrected chi connectivity index (χ1v) is 4.38. The molecular weight excluding hydrogens is 227 g/mol. The third kappa shape index (κ3) is 1.42. The summed E-state index contributed by atoms with van der Waals surface area (Å²) in [6.45, 7) is 0. The average Bonchev–Trinajstić information content (AvgIpc) is 1.99. The van der Waals surface area contributed by atoms with Crippen LogP contribution in [-0.2, 0) is 0 Å². The van der Waals surface area contributed by atoms with Crippen LogP contribution in [0.25, 0.3) is 10.9 Å². The van der Waals surface area contributed by atoms with Crippen LogP contribution in [-0.4, -0.2) is 20.2 Å². The molecule has 0 atom stereocenters. The molecule has 0 amide bonds. The van der Waals surface area contributed by atoms with E-state index in [1.807, 2.05) is 0 Å². The average molecular weight is 231 g/mol. The first-order valence-electron chi connectivity index (χ1n) is 3.62. The van der Waals surface area contributed by atoms with Crippen LogP contribution in [0.3, 0.4) is 0 Å². The Labute approximate surface area is 88.7 Å². The van der Waals surface area contributed by atoms with E-state index in [-0.39, 0.29) is 27.3 Å². The molecule has 1 aromatic carbocycles. The first kappa shape index (κ1) is 9.30. The number of fused-ring (bicyclic) bond motifs is 1. The quantitative estimate of drug-likeness (QED) is 0.539. The molecule has 14 heavy (non-hydrogen) atoms. The van der Waals surface area contributed by atoms with Crippen molar-refractivity contribution in [2.24, 2.45) is 0 Å². The van der Waals surface area contributed by atoms with Crippen LogP contribution in [0.4, 0.5) is 0 Å². The SMILES string of the molecule is Oc1cc(O)c2c(Cl)nc(Cl)nc2c1. The molecule has 1 heterocycles. The number of rotatable bonds is 0. The highest BCUT2D eigenvalue weighted by Gasteiger charge is 2.10. The molecular formula is C8H4Cl2N2O2. The van der Waals surface area contributed by atoms with Crippen LogP contribution >= 0.6 is 23.2 Å². The van der Waals surface area contributed by atoms with Gasteiger partial charge in [-0.05, 0) is 11.6 Å². The van der Waals surface area contributed by atoms with Crippen molar-refractivity contribution >= 4 is 34.1 Å². The maximum Gasteiger partial charge on any atom is 0.224 e. The highest BCUT2D eigenvalue weighted by molar-refractivity contribution is 6.36. The minimum Gasteiger partial charge on any atom is -0.508 e. The van der Waals surface area contributed by atoms with E-state index < -0.39 is 0 Å². The lowest BCUT2D eigenvalue weighted by Crippen LogP contribution is -1.87. The number of aromatic hydroxyl groups is 2. The summed E-state index contributed by atoms with van der Waals surface area (Å²) in [7, 11) is 0. The zero-order valence-corrected chi connectivity index (χ0v) is 8.21. The zero-order valence-electron chi connectivity index (χ0n) is 6.70. The summed E-state index contributed by atoms with van der Waals surface area (Å²) >= 11 is 11.3. The van der Waals surface area contributed by atoms with Crippen LogP contribution in [0.5, 0.6) is 11.5 Å². The Bertz CT molecular complexity index is 473. The molecule has 1 aromatic heterocycles. The summed E-state index contributed by atoms with van der Waals surface area (Å²) in [5.74, 6) is -0.289. The van der Waals surface area contributed by atoms with Gasteiger partial charge >= 0.3 is 0 Å². The van der Waals surface area contributed by atoms with Crippen molar-refractivity contribution in [3.63, 3.8) is 0 Å². The molecule has 4 nitrogen and oxygen atoms in total. The molecule has 0 saturated carbocycles. The van der Waals surface area contributed by atoms with Crippen molar-refractivity contribution in [3.05, 3.63) is 22.6 Å². The van der Waals surface area contributed by atoms with Gasteiger partial charge in [0.2, 0.25) is 5.28 Å². The van der Waals surface area contributed by atoms with Gasteiger partial charge in [-0.1, -0.05) is 11.6 Å². The van der Waals surface area contributed by atoms with E-state index in [0.29, 0.717) is 5.52 Å². The summed E-state index contributed by atoms with van der Waals surface area (Å²) in [6, 6.07) is 2.50. The van der Waals surface area contributed by atoms with Crippen molar-refractivity contribution in [1.29, 1.82) is 0 Å². The Balaban J connectivity index is 2.94. The summed E-state index contributed by atoms with van der Waals surface area (Å²) in [6.07, 6.45) is 0. The second-order valence-corrected chi connectivity index (χ2v) is 3.34. The van der Waals surface area contributed by atoms with Crippen molar-refractivity contribution in [2.75, 3.05) is 0 Å². The second kappa shape index (κ2) is 3.15. The molecule has 72 valence electrons. The van der Waals surface area contributed by atoms with Crippen LogP contribution in [0, 0.1) is 0 Å². The van der Waals surface area contributed by atoms with Gasteiger partial charge in [-0.3, -0.25) is 0 Å². The Kier molecular flexibility index (Phi) is 2.09. The zero-order chi connectivity index (χ0) is 10.3. The smallest absolute Gasteiger partial charge is 0.224 e. The van der Waals surface area contributed by atoms with Crippen molar-refractivity contribution in [2.45, 2.75) is 0 Å². The summed E-state index contributed by atoms with van der Waals surface area (Å²) in [4.78, 5) is 7.48. The lowest BCUT2D eigenvalue weighted by Gasteiger charge is -2.03. The van der Waals surface area contributed by atoms with Gasteiger partial charge in [-0.25, -0.2) is 9.97 Å². The van der Waals surface area contributed by atoms with Gasteiger partial charge in [0.1, 0.15) is 16.7 Å². The van der Waals surface area contributed by atoms with Crippen LogP contribution in [0.15, 0.2) is 12.1 Å². The maximum atomic E-state index is 9.46. The molecule has 0 fully saturated rings. The molecule has 6 heteroatoms. The van der Waals surface area contributed by atoms with Gasteiger partial charge in [0.15, 0.2) is 0 Å². The molecule has 2 N–H and O–H groups in total. The lowest BCUT2D eigenvalue weighted by molar-refractivity contribution is 0.455. The van der Waals surface area contributed by atoms with Gasteiger partial charge in [-0.15, -0.1) is 0 Å². The number of halogens is 2. The number of benzene rings is 1. The predicted octanol–water partition coefficient (Wildman–Crippen LogP) is 2.35. The normalized spacial score (nSPS) is 10.7. The van der Waals surface area contributed by atoms with E-state index in [1.54, 1.807) is 0 Å². The Morgan fingerprint density at radius 3 is 2.50 bits per heavy atom. The molecule has 0 spiro atoms. The van der Waals surface area contributed by atoms with Crippen molar-refractivity contribution < 1.29 is 10.2 Å². The molecule has 0 aliphatic heterocycles. The van der Waals surface area contributed by atoms with Crippen LogP contribution < -0.4 is 0 Å². The van der Waals surface area contributed by atoms with Gasteiger partial charge in [0.05, 0.1) is 10.9 Å². The minimum atomic E-state index is -0.179. The topological polar surface area (TPSA) is 66.2 Å². The minimum absolute atomic E-state index is 0.0347. The van der Waals surface area contributed by atoms with Gasteiger partial charge < -0.3 is 10.2 Å². The number of hydrogen-bond donors (Lipinski definition) is 2. The largest absolute Gasteiger partial charge is 0.508 e. The van der Waals surface area contributed by atoms with E-state index in [1.165, 1.54) is 6.07 Å². The molecule has 0 saturated heterocycles. The first-order chi connectivity index (χ1) is 6.58. The van der Waals surface area contributed by atoms with E-state index in [0.717, 1.165) is 6.07 Å². The molecule has 0 aliphatic carbocycles. The third-order valence-corrected chi connectivity index (χ3v) is 2.13. The molecule has 2 aromatic rings. The Morgan fingerprint density at radius 2 is 1.79 bits per heavy atom. The molecule has 0 aliphatic rings. The third-order valence-electron chi connectivity index (χ3n) is 1.69. The standard InChI is InChI=1S/C8H4Cl2N2O2/c9-7-6-4(11-8(10)12-7)1-3(13)2-5(6)14/h1-2,13-14H. The summed E-state index contributed by atoms with van der Waals surface area (Å²) in [5, 5.41) is 18.9. The molecule has 0 unspecified atom stereocenters. The highest BCUT2D eigenvalue weighted by atomic mass is 35.5. The fourth-order valence-corrected chi connectivity index (χ4v) is 1.65. The number of nitrogens with zero attached hydrogens (tertiary/aromatic N) is 2. The van der Waals surface area contributed by atoms with Crippen molar-refractivity contribution in [3.8, 4) is 11.5 Å². The number of hydrogen-bond acceptors (Lipinski definition) is 4. The number of aromatic nitrogens is 2. The van der Waals surface area contributed by atoms with Crippen LogP contribution in [0.2, 0.25) is 10.4 Å². The fourth-order valence-electron chi connectivity index (χ4n) is 1.16. The molecule has 0 radical (unpaired) electrons. The Hall–Kier alpha value is -1.26. The van der Waals surface area contributed by atoms with E-state index in [4.69, 9.17) is 23.2 Å². The fraction of sp³-hybridized carbons (Fsp3) is 0. The van der Waals surface area contributed by atoms with Gasteiger partial charge in [0.25, 0.3) is 0 Å². The Morgan fingerprint density at radius 1 is 1.07 bits per heavy atom. The van der Waals surface area contributed by atoms with E-state index >= 15 is 0 Å².